The van der Waals surface area contributed by atoms with E-state index in [1.807, 2.05) is 12.1 Å². The molecule has 1 heterocycles. The number of rotatable bonds is 3. The van der Waals surface area contributed by atoms with Gasteiger partial charge in [0.25, 0.3) is 0 Å². The van der Waals surface area contributed by atoms with Gasteiger partial charge in [-0.2, -0.15) is 0 Å². The van der Waals surface area contributed by atoms with Crippen LogP contribution in [0.25, 0.3) is 0 Å². The maximum atomic E-state index is 5.98. The summed E-state index contributed by atoms with van der Waals surface area (Å²) in [7, 11) is 0. The monoisotopic (exact) mass is 238 g/mol. The van der Waals surface area contributed by atoms with E-state index in [2.05, 4.69) is 17.9 Å². The van der Waals surface area contributed by atoms with Crippen molar-refractivity contribution in [1.82, 2.24) is 0 Å². The topological polar surface area (TPSA) is 29.3 Å². The van der Waals surface area contributed by atoms with Crippen LogP contribution in [0.5, 0.6) is 0 Å². The number of nitrogens with zero attached hydrogens (tertiary/aromatic N) is 1. The van der Waals surface area contributed by atoms with Gasteiger partial charge in [0.05, 0.1) is 0 Å². The zero-order chi connectivity index (χ0) is 11.5. The van der Waals surface area contributed by atoms with Crippen molar-refractivity contribution in [2.45, 2.75) is 26.3 Å². The van der Waals surface area contributed by atoms with Crippen molar-refractivity contribution in [3.8, 4) is 0 Å². The van der Waals surface area contributed by atoms with E-state index in [0.29, 0.717) is 6.54 Å². The molecule has 2 N–H and O–H groups in total. The molecule has 0 aromatic heterocycles. The maximum absolute atomic E-state index is 5.98. The van der Waals surface area contributed by atoms with E-state index in [-0.39, 0.29) is 0 Å². The maximum Gasteiger partial charge on any atom is 0.0412 e. The van der Waals surface area contributed by atoms with Crippen LogP contribution in [0, 0.1) is 5.92 Å². The van der Waals surface area contributed by atoms with E-state index in [1.54, 1.807) is 0 Å². The molecule has 1 aliphatic heterocycles. The van der Waals surface area contributed by atoms with Gasteiger partial charge in [0, 0.05) is 30.3 Å². The first kappa shape index (κ1) is 11.7. The molecule has 0 amide bonds. The lowest BCUT2D eigenvalue weighted by Gasteiger charge is -2.21. The second-order valence-corrected chi connectivity index (χ2v) is 4.92. The number of hydrogen-bond acceptors (Lipinski definition) is 2. The average Bonchev–Trinajstić information content (AvgIpc) is 2.77. The lowest BCUT2D eigenvalue weighted by atomic mass is 10.1. The number of anilines is 1. The van der Waals surface area contributed by atoms with Gasteiger partial charge in [-0.1, -0.05) is 24.9 Å². The number of hydrogen-bond donors (Lipinski definition) is 1. The van der Waals surface area contributed by atoms with Crippen molar-refractivity contribution in [1.29, 1.82) is 0 Å². The molecule has 88 valence electrons. The SMILES string of the molecule is CCC1CCN(c2ccc(Cl)cc2CN)C1. The molecular weight excluding hydrogens is 220 g/mol. The highest BCUT2D eigenvalue weighted by Gasteiger charge is 2.22. The normalized spacial score (nSPS) is 20.4. The molecule has 1 aromatic rings. The van der Waals surface area contributed by atoms with Gasteiger partial charge in [-0.15, -0.1) is 0 Å². The van der Waals surface area contributed by atoms with Crippen LogP contribution >= 0.6 is 11.6 Å². The fraction of sp³-hybridized carbons (Fsp3) is 0.538. The van der Waals surface area contributed by atoms with E-state index in [1.165, 1.54) is 18.5 Å². The second kappa shape index (κ2) is 5.07. The Hall–Kier alpha value is -0.730. The van der Waals surface area contributed by atoms with Gasteiger partial charge in [0.1, 0.15) is 0 Å². The van der Waals surface area contributed by atoms with Crippen LogP contribution in [-0.4, -0.2) is 13.1 Å². The summed E-state index contributed by atoms with van der Waals surface area (Å²) in [6.45, 7) is 5.13. The van der Waals surface area contributed by atoms with Crippen molar-refractivity contribution in [2.75, 3.05) is 18.0 Å². The predicted molar refractivity (Wildman–Crippen MR) is 70.0 cm³/mol. The molecule has 16 heavy (non-hydrogen) atoms. The summed E-state index contributed by atoms with van der Waals surface area (Å²) in [6, 6.07) is 6.04. The van der Waals surface area contributed by atoms with Crippen LogP contribution in [0.15, 0.2) is 18.2 Å². The Balaban J connectivity index is 2.20. The predicted octanol–water partition coefficient (Wildman–Crippen LogP) is 3.04. The highest BCUT2D eigenvalue weighted by molar-refractivity contribution is 6.30. The third-order valence-corrected chi connectivity index (χ3v) is 3.70. The summed E-state index contributed by atoms with van der Waals surface area (Å²) >= 11 is 5.98. The molecule has 0 saturated carbocycles. The van der Waals surface area contributed by atoms with Gasteiger partial charge in [-0.3, -0.25) is 0 Å². The zero-order valence-electron chi connectivity index (χ0n) is 9.75. The average molecular weight is 239 g/mol. The summed E-state index contributed by atoms with van der Waals surface area (Å²) < 4.78 is 0. The molecule has 1 aliphatic rings. The Morgan fingerprint density at radius 2 is 2.31 bits per heavy atom. The first-order valence-corrected chi connectivity index (χ1v) is 6.35. The van der Waals surface area contributed by atoms with Crippen LogP contribution in [-0.2, 0) is 6.54 Å². The first-order valence-electron chi connectivity index (χ1n) is 5.98. The molecule has 1 unspecified atom stereocenters. The van der Waals surface area contributed by atoms with Crippen LogP contribution in [0.2, 0.25) is 5.02 Å². The highest BCUT2D eigenvalue weighted by Crippen LogP contribution is 2.29. The quantitative estimate of drug-likeness (QED) is 0.877. The highest BCUT2D eigenvalue weighted by atomic mass is 35.5. The lowest BCUT2D eigenvalue weighted by molar-refractivity contribution is 0.569. The largest absolute Gasteiger partial charge is 0.371 e. The molecule has 2 nitrogen and oxygen atoms in total. The van der Waals surface area contributed by atoms with Crippen molar-refractivity contribution < 1.29 is 0 Å². The van der Waals surface area contributed by atoms with Crippen LogP contribution < -0.4 is 10.6 Å². The van der Waals surface area contributed by atoms with Crippen molar-refractivity contribution in [3.05, 3.63) is 28.8 Å². The van der Waals surface area contributed by atoms with Crippen LogP contribution in [0.4, 0.5) is 5.69 Å². The second-order valence-electron chi connectivity index (χ2n) is 4.49. The molecule has 1 atom stereocenters. The fourth-order valence-electron chi connectivity index (χ4n) is 2.41. The van der Waals surface area contributed by atoms with Gasteiger partial charge in [0.2, 0.25) is 0 Å². The van der Waals surface area contributed by atoms with Crippen LogP contribution in [0.1, 0.15) is 25.3 Å². The zero-order valence-corrected chi connectivity index (χ0v) is 10.5. The molecule has 0 spiro atoms. The smallest absolute Gasteiger partial charge is 0.0412 e. The van der Waals surface area contributed by atoms with Gasteiger partial charge < -0.3 is 10.6 Å². The molecule has 0 radical (unpaired) electrons. The number of halogens is 1. The van der Waals surface area contributed by atoms with E-state index >= 15 is 0 Å². The van der Waals surface area contributed by atoms with Crippen LogP contribution in [0.3, 0.4) is 0 Å². The minimum atomic E-state index is 0.559. The van der Waals surface area contributed by atoms with E-state index in [4.69, 9.17) is 17.3 Å². The first-order chi connectivity index (χ1) is 7.74. The van der Waals surface area contributed by atoms with Crippen molar-refractivity contribution in [3.63, 3.8) is 0 Å². The number of nitrogens with two attached hydrogens (primary N) is 1. The standard InChI is InChI=1S/C13H19ClN2/c1-2-10-5-6-16(9-10)13-4-3-12(14)7-11(13)8-15/h3-4,7,10H,2,5-6,8-9,15H2,1H3. The molecule has 1 fully saturated rings. The Kier molecular flexibility index (Phi) is 3.72. The van der Waals surface area contributed by atoms with Gasteiger partial charge in [-0.05, 0) is 36.1 Å². The lowest BCUT2D eigenvalue weighted by Crippen LogP contribution is -2.21. The fourth-order valence-corrected chi connectivity index (χ4v) is 2.61. The van der Waals surface area contributed by atoms with E-state index < -0.39 is 0 Å². The molecule has 1 aromatic carbocycles. The van der Waals surface area contributed by atoms with Gasteiger partial charge in [-0.25, -0.2) is 0 Å². The Morgan fingerprint density at radius 1 is 1.50 bits per heavy atom. The molecular formula is C13H19ClN2. The van der Waals surface area contributed by atoms with Gasteiger partial charge >= 0.3 is 0 Å². The molecule has 0 aliphatic carbocycles. The minimum Gasteiger partial charge on any atom is -0.371 e. The molecule has 1 saturated heterocycles. The summed E-state index contributed by atoms with van der Waals surface area (Å²) in [5.41, 5.74) is 8.19. The summed E-state index contributed by atoms with van der Waals surface area (Å²) in [5, 5.41) is 0.774. The third-order valence-electron chi connectivity index (χ3n) is 3.47. The minimum absolute atomic E-state index is 0.559. The van der Waals surface area contributed by atoms with Crippen molar-refractivity contribution >= 4 is 17.3 Å². The Bertz CT molecular complexity index is 365. The Labute approximate surface area is 102 Å². The van der Waals surface area contributed by atoms with E-state index in [9.17, 15) is 0 Å². The number of benzene rings is 1. The summed E-state index contributed by atoms with van der Waals surface area (Å²) in [4.78, 5) is 2.44. The van der Waals surface area contributed by atoms with Crippen molar-refractivity contribution in [2.24, 2.45) is 11.7 Å². The summed E-state index contributed by atoms with van der Waals surface area (Å²) in [6.07, 6.45) is 2.56. The molecule has 2 rings (SSSR count). The van der Waals surface area contributed by atoms with Gasteiger partial charge in [0.15, 0.2) is 0 Å². The third kappa shape index (κ3) is 2.33. The Morgan fingerprint density at radius 3 is 2.94 bits per heavy atom. The van der Waals surface area contributed by atoms with E-state index in [0.717, 1.165) is 29.6 Å². The molecule has 3 heteroatoms. The summed E-state index contributed by atoms with van der Waals surface area (Å²) in [5.74, 6) is 0.835. The molecule has 0 bridgehead atoms.